The largest absolute Gasteiger partial charge is 0.493 e. The zero-order valence-corrected chi connectivity index (χ0v) is 11.3. The summed E-state index contributed by atoms with van der Waals surface area (Å²) in [6.45, 7) is 2.92. The summed E-state index contributed by atoms with van der Waals surface area (Å²) >= 11 is 0. The molecule has 0 radical (unpaired) electrons. The van der Waals surface area contributed by atoms with Gasteiger partial charge in [0.05, 0.1) is 18.9 Å². The Morgan fingerprint density at radius 2 is 1.72 bits per heavy atom. The Morgan fingerprint density at radius 3 is 2.39 bits per heavy atom. The van der Waals surface area contributed by atoms with E-state index in [9.17, 15) is 4.79 Å². The van der Waals surface area contributed by atoms with E-state index in [-0.39, 0.29) is 5.63 Å². The lowest BCUT2D eigenvalue weighted by molar-refractivity contribution is 0.300. The third-order valence-corrected chi connectivity index (χ3v) is 2.94. The monoisotopic (exact) mass is 252 g/mol. The van der Waals surface area contributed by atoms with Crippen LogP contribution < -0.4 is 10.4 Å². The number of ether oxygens (including phenoxy) is 1. The lowest BCUT2D eigenvalue weighted by atomic mass is 10.1. The predicted molar refractivity (Wildman–Crippen MR) is 73.1 cm³/mol. The van der Waals surface area contributed by atoms with E-state index >= 15 is 0 Å². The van der Waals surface area contributed by atoms with Crippen molar-refractivity contribution < 1.29 is 9.15 Å². The van der Waals surface area contributed by atoms with Crippen molar-refractivity contribution in [2.24, 2.45) is 0 Å². The van der Waals surface area contributed by atoms with Gasteiger partial charge in [0.1, 0.15) is 5.75 Å². The highest BCUT2D eigenvalue weighted by atomic mass is 16.5. The SMILES string of the molecule is CCCCCCCCCCOc1ccoc(=O)c1. The average Bonchev–Trinajstić information content (AvgIpc) is 2.37. The molecule has 0 aliphatic carbocycles. The van der Waals surface area contributed by atoms with Crippen LogP contribution in [0, 0.1) is 0 Å². The molecule has 18 heavy (non-hydrogen) atoms. The Hall–Kier alpha value is -1.25. The third kappa shape index (κ3) is 7.15. The summed E-state index contributed by atoms with van der Waals surface area (Å²) in [7, 11) is 0. The Kier molecular flexibility index (Phi) is 8.02. The van der Waals surface area contributed by atoms with Gasteiger partial charge in [-0.15, -0.1) is 0 Å². The second kappa shape index (κ2) is 9.75. The molecular weight excluding hydrogens is 228 g/mol. The maximum atomic E-state index is 10.9. The van der Waals surface area contributed by atoms with Gasteiger partial charge in [-0.2, -0.15) is 0 Å². The van der Waals surface area contributed by atoms with E-state index in [1.54, 1.807) is 6.07 Å². The molecule has 3 nitrogen and oxygen atoms in total. The van der Waals surface area contributed by atoms with Crippen molar-refractivity contribution >= 4 is 0 Å². The van der Waals surface area contributed by atoms with Crippen molar-refractivity contribution in [1.82, 2.24) is 0 Å². The molecule has 102 valence electrons. The van der Waals surface area contributed by atoms with Gasteiger partial charge in [-0.05, 0) is 6.42 Å². The standard InChI is InChI=1S/C15H24O3/c1-2-3-4-5-6-7-8-9-11-17-14-10-12-18-15(16)13-14/h10,12-13H,2-9,11H2,1H3. The summed E-state index contributed by atoms with van der Waals surface area (Å²) < 4.78 is 10.1. The fraction of sp³-hybridized carbons (Fsp3) is 0.667. The van der Waals surface area contributed by atoms with Crippen molar-refractivity contribution in [1.29, 1.82) is 0 Å². The molecule has 1 aromatic rings. The van der Waals surface area contributed by atoms with Gasteiger partial charge in [0.2, 0.25) is 0 Å². The topological polar surface area (TPSA) is 39.4 Å². The average molecular weight is 252 g/mol. The maximum absolute atomic E-state index is 10.9. The maximum Gasteiger partial charge on any atom is 0.339 e. The van der Waals surface area contributed by atoms with Crippen LogP contribution in [0.1, 0.15) is 58.3 Å². The Labute approximate surface area is 109 Å². The van der Waals surface area contributed by atoms with Crippen molar-refractivity contribution in [3.8, 4) is 5.75 Å². The van der Waals surface area contributed by atoms with Crippen LogP contribution in [-0.2, 0) is 0 Å². The second-order valence-corrected chi connectivity index (χ2v) is 4.61. The van der Waals surface area contributed by atoms with E-state index in [2.05, 4.69) is 11.3 Å². The molecule has 0 aliphatic heterocycles. The molecular formula is C15H24O3. The van der Waals surface area contributed by atoms with Crippen LogP contribution in [0.5, 0.6) is 5.75 Å². The molecule has 1 aromatic heterocycles. The molecule has 1 rings (SSSR count). The molecule has 0 saturated heterocycles. The van der Waals surface area contributed by atoms with Gasteiger partial charge in [0, 0.05) is 6.07 Å². The summed E-state index contributed by atoms with van der Waals surface area (Å²) in [4.78, 5) is 10.9. The molecule has 0 saturated carbocycles. The van der Waals surface area contributed by atoms with E-state index < -0.39 is 0 Å². The summed E-state index contributed by atoms with van der Waals surface area (Å²) in [6.07, 6.45) is 11.6. The number of unbranched alkanes of at least 4 members (excludes halogenated alkanes) is 7. The molecule has 0 atom stereocenters. The van der Waals surface area contributed by atoms with Crippen LogP contribution in [0.2, 0.25) is 0 Å². The first kappa shape index (κ1) is 14.8. The van der Waals surface area contributed by atoms with E-state index in [0.717, 1.165) is 6.42 Å². The summed E-state index contributed by atoms with van der Waals surface area (Å²) in [5, 5.41) is 0. The molecule has 0 aromatic carbocycles. The van der Waals surface area contributed by atoms with Gasteiger partial charge in [0.25, 0.3) is 0 Å². The van der Waals surface area contributed by atoms with Gasteiger partial charge in [-0.1, -0.05) is 51.9 Å². The first-order chi connectivity index (χ1) is 8.83. The molecule has 3 heteroatoms. The highest BCUT2D eigenvalue weighted by molar-refractivity contribution is 5.15. The minimum atomic E-state index is -0.358. The summed E-state index contributed by atoms with van der Waals surface area (Å²) in [5.41, 5.74) is -0.358. The predicted octanol–water partition coefficient (Wildman–Crippen LogP) is 4.16. The Morgan fingerprint density at radius 1 is 1.06 bits per heavy atom. The Balaban J connectivity index is 1.94. The lowest BCUT2D eigenvalue weighted by Crippen LogP contribution is -2.01. The molecule has 0 fully saturated rings. The van der Waals surface area contributed by atoms with Crippen molar-refractivity contribution in [2.45, 2.75) is 58.3 Å². The van der Waals surface area contributed by atoms with E-state index in [4.69, 9.17) is 4.74 Å². The minimum absolute atomic E-state index is 0.358. The first-order valence-corrected chi connectivity index (χ1v) is 7.04. The number of hydrogen-bond donors (Lipinski definition) is 0. The number of rotatable bonds is 10. The first-order valence-electron chi connectivity index (χ1n) is 7.04. The van der Waals surface area contributed by atoms with E-state index in [1.807, 2.05) is 0 Å². The minimum Gasteiger partial charge on any atom is -0.493 e. The van der Waals surface area contributed by atoms with Gasteiger partial charge >= 0.3 is 5.63 Å². The van der Waals surface area contributed by atoms with Crippen molar-refractivity contribution in [3.63, 3.8) is 0 Å². The van der Waals surface area contributed by atoms with Crippen molar-refractivity contribution in [2.75, 3.05) is 6.61 Å². The van der Waals surface area contributed by atoms with E-state index in [1.165, 1.54) is 57.3 Å². The van der Waals surface area contributed by atoms with Crippen LogP contribution in [0.15, 0.2) is 27.6 Å². The highest BCUT2D eigenvalue weighted by Crippen LogP contribution is 2.10. The third-order valence-electron chi connectivity index (χ3n) is 2.94. The molecule has 0 unspecified atom stereocenters. The van der Waals surface area contributed by atoms with Gasteiger partial charge in [-0.25, -0.2) is 4.79 Å². The lowest BCUT2D eigenvalue weighted by Gasteiger charge is -2.05. The quantitative estimate of drug-likeness (QED) is 0.587. The zero-order chi connectivity index (χ0) is 13.1. The molecule has 0 amide bonds. The van der Waals surface area contributed by atoms with Crippen LogP contribution in [0.4, 0.5) is 0 Å². The summed E-state index contributed by atoms with van der Waals surface area (Å²) in [6, 6.07) is 3.05. The van der Waals surface area contributed by atoms with Gasteiger partial charge in [-0.3, -0.25) is 0 Å². The molecule has 0 bridgehead atoms. The number of hydrogen-bond acceptors (Lipinski definition) is 3. The summed E-state index contributed by atoms with van der Waals surface area (Å²) in [5.74, 6) is 0.606. The van der Waals surface area contributed by atoms with Crippen molar-refractivity contribution in [3.05, 3.63) is 28.8 Å². The molecule has 0 aliphatic rings. The normalized spacial score (nSPS) is 10.5. The van der Waals surface area contributed by atoms with Crippen LogP contribution in [-0.4, -0.2) is 6.61 Å². The highest BCUT2D eigenvalue weighted by Gasteiger charge is 1.96. The van der Waals surface area contributed by atoms with Crippen LogP contribution >= 0.6 is 0 Å². The molecule has 0 spiro atoms. The molecule has 0 N–H and O–H groups in total. The zero-order valence-electron chi connectivity index (χ0n) is 11.3. The van der Waals surface area contributed by atoms with E-state index in [0.29, 0.717) is 12.4 Å². The smallest absolute Gasteiger partial charge is 0.339 e. The fourth-order valence-corrected chi connectivity index (χ4v) is 1.88. The van der Waals surface area contributed by atoms with Gasteiger partial charge in [0.15, 0.2) is 0 Å². The van der Waals surface area contributed by atoms with Crippen LogP contribution in [0.3, 0.4) is 0 Å². The van der Waals surface area contributed by atoms with Crippen LogP contribution in [0.25, 0.3) is 0 Å². The second-order valence-electron chi connectivity index (χ2n) is 4.61. The Bertz CT molecular complexity index is 357. The van der Waals surface area contributed by atoms with Gasteiger partial charge < -0.3 is 9.15 Å². The fourth-order valence-electron chi connectivity index (χ4n) is 1.88. The molecule has 1 heterocycles.